The Kier molecular flexibility index (Phi) is 7.57. The zero-order valence-electron chi connectivity index (χ0n) is 15.7. The Morgan fingerprint density at radius 3 is 2.63 bits per heavy atom. The molecule has 0 radical (unpaired) electrons. The van der Waals surface area contributed by atoms with Gasteiger partial charge in [0.1, 0.15) is 5.75 Å². The van der Waals surface area contributed by atoms with Gasteiger partial charge in [-0.1, -0.05) is 32.1 Å². The molecule has 148 valence electrons. The average molecular weight is 378 g/mol. The summed E-state index contributed by atoms with van der Waals surface area (Å²) in [6, 6.07) is 3.86. The van der Waals surface area contributed by atoms with Crippen LogP contribution in [0.2, 0.25) is 0 Å². The number of amides is 1. The number of nitro benzene ring substituents is 1. The van der Waals surface area contributed by atoms with E-state index < -0.39 is 16.9 Å². The smallest absolute Gasteiger partial charge is 0.306 e. The third-order valence-electron chi connectivity index (χ3n) is 4.81. The van der Waals surface area contributed by atoms with Gasteiger partial charge in [-0.05, 0) is 25.3 Å². The summed E-state index contributed by atoms with van der Waals surface area (Å²) < 4.78 is 10.3. The van der Waals surface area contributed by atoms with Crippen LogP contribution in [-0.4, -0.2) is 30.0 Å². The molecule has 0 aromatic heterocycles. The predicted molar refractivity (Wildman–Crippen MR) is 99.6 cm³/mol. The Bertz CT molecular complexity index is 685. The molecule has 1 aliphatic rings. The van der Waals surface area contributed by atoms with Crippen LogP contribution in [0.25, 0.3) is 0 Å². The number of nitro groups is 1. The summed E-state index contributed by atoms with van der Waals surface area (Å²) in [4.78, 5) is 34.5. The summed E-state index contributed by atoms with van der Waals surface area (Å²) in [6.07, 6.45) is 6.15. The monoisotopic (exact) mass is 378 g/mol. The first-order valence-electron chi connectivity index (χ1n) is 9.23. The van der Waals surface area contributed by atoms with Gasteiger partial charge < -0.3 is 14.8 Å². The molecule has 0 unspecified atom stereocenters. The van der Waals surface area contributed by atoms with Crippen LogP contribution in [0.1, 0.15) is 51.9 Å². The van der Waals surface area contributed by atoms with Gasteiger partial charge in [0.25, 0.3) is 11.6 Å². The van der Waals surface area contributed by atoms with Crippen molar-refractivity contribution < 1.29 is 24.0 Å². The Labute approximate surface area is 158 Å². The molecule has 1 aromatic rings. The van der Waals surface area contributed by atoms with Gasteiger partial charge in [-0.3, -0.25) is 19.7 Å². The normalized spacial score (nSPS) is 15.6. The summed E-state index contributed by atoms with van der Waals surface area (Å²) in [5.41, 5.74) is 0.130. The Morgan fingerprint density at radius 2 is 2.00 bits per heavy atom. The number of hydrogen-bond acceptors (Lipinski definition) is 6. The molecule has 0 spiro atoms. The lowest BCUT2D eigenvalue weighted by Gasteiger charge is -2.21. The van der Waals surface area contributed by atoms with Crippen molar-refractivity contribution in [2.75, 3.05) is 12.4 Å². The number of nitrogens with zero attached hydrogens (tertiary/aromatic N) is 1. The van der Waals surface area contributed by atoms with Crippen molar-refractivity contribution in [3.8, 4) is 5.75 Å². The van der Waals surface area contributed by atoms with Crippen LogP contribution in [-0.2, 0) is 14.3 Å². The molecule has 1 saturated carbocycles. The number of carbonyl (C=O) groups is 2. The molecule has 27 heavy (non-hydrogen) atoms. The summed E-state index contributed by atoms with van der Waals surface area (Å²) in [5, 5.41) is 13.4. The first-order chi connectivity index (χ1) is 12.9. The van der Waals surface area contributed by atoms with E-state index in [9.17, 15) is 19.7 Å². The highest BCUT2D eigenvalue weighted by Crippen LogP contribution is 2.29. The molecule has 0 saturated heterocycles. The number of methoxy groups -OCH3 is 1. The van der Waals surface area contributed by atoms with E-state index in [1.807, 2.05) is 0 Å². The average Bonchev–Trinajstić information content (AvgIpc) is 2.67. The highest BCUT2D eigenvalue weighted by Gasteiger charge is 2.21. The second-order valence-corrected chi connectivity index (χ2v) is 6.81. The zero-order chi connectivity index (χ0) is 19.8. The second kappa shape index (κ2) is 9.89. The van der Waals surface area contributed by atoms with Gasteiger partial charge in [-0.2, -0.15) is 0 Å². The molecule has 0 heterocycles. The van der Waals surface area contributed by atoms with Gasteiger partial charge in [0.2, 0.25) is 0 Å². The number of nitrogens with one attached hydrogen (secondary N) is 1. The number of hydrogen-bond donors (Lipinski definition) is 1. The highest BCUT2D eigenvalue weighted by molar-refractivity contribution is 5.96. The SMILES string of the molecule is COc1cc([N+](=O)[O-])ccc1NC(=O)[C@H](C)OC(=O)CCC1CCCCC1. The fourth-order valence-electron chi connectivity index (χ4n) is 3.24. The summed E-state index contributed by atoms with van der Waals surface area (Å²) in [7, 11) is 1.35. The lowest BCUT2D eigenvalue weighted by molar-refractivity contribution is -0.384. The van der Waals surface area contributed by atoms with Crippen LogP contribution in [0.3, 0.4) is 0 Å². The van der Waals surface area contributed by atoms with E-state index >= 15 is 0 Å². The van der Waals surface area contributed by atoms with Crippen LogP contribution in [0, 0.1) is 16.0 Å². The molecule has 8 heteroatoms. The van der Waals surface area contributed by atoms with Crippen LogP contribution in [0.5, 0.6) is 5.75 Å². The van der Waals surface area contributed by atoms with Crippen LogP contribution in [0.15, 0.2) is 18.2 Å². The minimum Gasteiger partial charge on any atom is -0.494 e. The molecule has 1 atom stereocenters. The predicted octanol–water partition coefficient (Wildman–Crippen LogP) is 3.83. The largest absolute Gasteiger partial charge is 0.494 e. The quantitative estimate of drug-likeness (QED) is 0.418. The van der Waals surface area contributed by atoms with Gasteiger partial charge in [-0.15, -0.1) is 0 Å². The molecular weight excluding hydrogens is 352 g/mol. The number of non-ortho nitro benzene ring substituents is 1. The Balaban J connectivity index is 1.85. The van der Waals surface area contributed by atoms with Gasteiger partial charge in [0, 0.05) is 12.5 Å². The van der Waals surface area contributed by atoms with Crippen molar-refractivity contribution in [2.45, 2.75) is 58.0 Å². The molecular formula is C19H26N2O6. The number of rotatable bonds is 8. The van der Waals surface area contributed by atoms with Crippen molar-refractivity contribution in [3.05, 3.63) is 28.3 Å². The minimum atomic E-state index is -0.969. The molecule has 1 fully saturated rings. The fraction of sp³-hybridized carbons (Fsp3) is 0.579. The Morgan fingerprint density at radius 1 is 1.30 bits per heavy atom. The molecule has 1 N–H and O–H groups in total. The van der Waals surface area contributed by atoms with E-state index in [1.165, 1.54) is 51.5 Å². The van der Waals surface area contributed by atoms with E-state index in [0.29, 0.717) is 12.3 Å². The summed E-state index contributed by atoms with van der Waals surface area (Å²) >= 11 is 0. The van der Waals surface area contributed by atoms with Gasteiger partial charge in [-0.25, -0.2) is 0 Å². The van der Waals surface area contributed by atoms with Gasteiger partial charge in [0.15, 0.2) is 6.10 Å². The van der Waals surface area contributed by atoms with Crippen molar-refractivity contribution in [1.82, 2.24) is 0 Å². The maximum atomic E-state index is 12.3. The molecule has 1 aromatic carbocycles. The maximum Gasteiger partial charge on any atom is 0.306 e. The van der Waals surface area contributed by atoms with E-state index in [0.717, 1.165) is 19.3 Å². The number of ether oxygens (including phenoxy) is 2. The van der Waals surface area contributed by atoms with Crippen molar-refractivity contribution >= 4 is 23.3 Å². The maximum absolute atomic E-state index is 12.3. The first-order valence-corrected chi connectivity index (χ1v) is 9.23. The van der Waals surface area contributed by atoms with Crippen molar-refractivity contribution in [1.29, 1.82) is 0 Å². The van der Waals surface area contributed by atoms with E-state index in [-0.39, 0.29) is 23.1 Å². The molecule has 1 amide bonds. The molecule has 8 nitrogen and oxygen atoms in total. The van der Waals surface area contributed by atoms with E-state index in [1.54, 1.807) is 0 Å². The van der Waals surface area contributed by atoms with Crippen LogP contribution < -0.4 is 10.1 Å². The van der Waals surface area contributed by atoms with Gasteiger partial charge >= 0.3 is 5.97 Å². The van der Waals surface area contributed by atoms with Crippen LogP contribution >= 0.6 is 0 Å². The minimum absolute atomic E-state index is 0.146. The number of benzene rings is 1. The first kappa shape index (κ1) is 20.7. The molecule has 1 aliphatic carbocycles. The third-order valence-corrected chi connectivity index (χ3v) is 4.81. The fourth-order valence-corrected chi connectivity index (χ4v) is 3.24. The number of esters is 1. The third kappa shape index (κ3) is 6.23. The molecule has 0 bridgehead atoms. The zero-order valence-corrected chi connectivity index (χ0v) is 15.7. The summed E-state index contributed by atoms with van der Waals surface area (Å²) in [5.74, 6) is -0.180. The van der Waals surface area contributed by atoms with E-state index in [2.05, 4.69) is 5.32 Å². The van der Waals surface area contributed by atoms with E-state index in [4.69, 9.17) is 9.47 Å². The Hall–Kier alpha value is -2.64. The van der Waals surface area contributed by atoms with Crippen LogP contribution in [0.4, 0.5) is 11.4 Å². The second-order valence-electron chi connectivity index (χ2n) is 6.81. The lowest BCUT2D eigenvalue weighted by Crippen LogP contribution is -2.30. The molecule has 2 rings (SSSR count). The molecule has 0 aliphatic heterocycles. The highest BCUT2D eigenvalue weighted by atomic mass is 16.6. The van der Waals surface area contributed by atoms with Gasteiger partial charge in [0.05, 0.1) is 23.8 Å². The topological polar surface area (TPSA) is 108 Å². The summed E-state index contributed by atoms with van der Waals surface area (Å²) in [6.45, 7) is 1.49. The number of anilines is 1. The standard InChI is InChI=1S/C19H26N2O6/c1-13(27-18(22)11-8-14-6-4-3-5-7-14)19(23)20-16-10-9-15(21(24)25)12-17(16)26-2/h9-10,12-14H,3-8,11H2,1-2H3,(H,20,23)/t13-/m0/s1. The van der Waals surface area contributed by atoms with Crippen molar-refractivity contribution in [3.63, 3.8) is 0 Å². The lowest BCUT2D eigenvalue weighted by atomic mass is 9.86. The van der Waals surface area contributed by atoms with Crippen molar-refractivity contribution in [2.24, 2.45) is 5.92 Å². The number of carbonyl (C=O) groups excluding carboxylic acids is 2.